The van der Waals surface area contributed by atoms with Gasteiger partial charge in [-0.3, -0.25) is 10.1 Å². The van der Waals surface area contributed by atoms with Crippen molar-refractivity contribution in [3.8, 4) is 0 Å². The van der Waals surface area contributed by atoms with Crippen molar-refractivity contribution in [2.45, 2.75) is 11.3 Å². The van der Waals surface area contributed by atoms with Crippen LogP contribution in [0.2, 0.25) is 0 Å². The summed E-state index contributed by atoms with van der Waals surface area (Å²) < 4.78 is 28.8. The molecule has 1 fully saturated rings. The first-order valence-corrected chi connectivity index (χ1v) is 8.46. The van der Waals surface area contributed by atoms with Gasteiger partial charge >= 0.3 is 5.69 Å². The van der Waals surface area contributed by atoms with Gasteiger partial charge in [-0.25, -0.2) is 8.42 Å². The van der Waals surface area contributed by atoms with Gasteiger partial charge in [-0.2, -0.15) is 0 Å². The van der Waals surface area contributed by atoms with Crippen molar-refractivity contribution in [3.63, 3.8) is 0 Å². The molecule has 1 aliphatic heterocycles. The predicted molar refractivity (Wildman–Crippen MR) is 78.4 cm³/mol. The summed E-state index contributed by atoms with van der Waals surface area (Å²) in [6.07, 6.45) is 1.88. The molecule has 116 valence electrons. The van der Waals surface area contributed by atoms with E-state index in [1.807, 2.05) is 0 Å². The van der Waals surface area contributed by atoms with Crippen molar-refractivity contribution in [3.05, 3.63) is 28.3 Å². The lowest BCUT2D eigenvalue weighted by molar-refractivity contribution is -0.387. The van der Waals surface area contributed by atoms with Crippen LogP contribution in [-0.4, -0.2) is 46.4 Å². The first-order valence-electron chi connectivity index (χ1n) is 6.57. The molecule has 7 nitrogen and oxygen atoms in total. The molecule has 1 unspecified atom stereocenters. The average molecular weight is 314 g/mol. The third-order valence-electron chi connectivity index (χ3n) is 3.53. The third-order valence-corrected chi connectivity index (χ3v) is 4.66. The molecule has 1 saturated heterocycles. The molecular formula is C13H18N2O5S. The van der Waals surface area contributed by atoms with Crippen LogP contribution in [0.5, 0.6) is 0 Å². The smallest absolute Gasteiger partial charge is 0.311 e. The Kier molecular flexibility index (Phi) is 4.48. The molecule has 2 rings (SSSR count). The van der Waals surface area contributed by atoms with Gasteiger partial charge in [0.15, 0.2) is 9.84 Å². The molecule has 1 atom stereocenters. The lowest BCUT2D eigenvalue weighted by Crippen LogP contribution is -2.26. The lowest BCUT2D eigenvalue weighted by Gasteiger charge is -2.22. The second-order valence-corrected chi connectivity index (χ2v) is 7.25. The molecule has 1 aromatic carbocycles. The molecule has 1 aliphatic rings. The highest BCUT2D eigenvalue weighted by Crippen LogP contribution is 2.34. The Balaban J connectivity index is 2.40. The highest BCUT2D eigenvalue weighted by Gasteiger charge is 2.29. The van der Waals surface area contributed by atoms with Crippen molar-refractivity contribution < 1.29 is 18.1 Å². The van der Waals surface area contributed by atoms with E-state index in [2.05, 4.69) is 0 Å². The van der Waals surface area contributed by atoms with E-state index in [0.717, 1.165) is 12.7 Å². The molecule has 0 radical (unpaired) electrons. The standard InChI is InChI=1S/C13H18N2O5S/c1-14(8-10-6-7-20-9-10)11-4-3-5-12(21(2,18)19)13(11)15(16)17/h3-5,10H,6-9H2,1-2H3. The van der Waals surface area contributed by atoms with Crippen molar-refractivity contribution in [1.82, 2.24) is 0 Å². The summed E-state index contributed by atoms with van der Waals surface area (Å²) in [6.45, 7) is 1.92. The van der Waals surface area contributed by atoms with Crippen LogP contribution in [0.4, 0.5) is 11.4 Å². The molecule has 0 amide bonds. The van der Waals surface area contributed by atoms with Crippen molar-refractivity contribution in [2.75, 3.05) is 38.0 Å². The van der Waals surface area contributed by atoms with Gasteiger partial charge in [-0.05, 0) is 18.6 Å². The molecule has 0 aliphatic carbocycles. The molecule has 1 heterocycles. The van der Waals surface area contributed by atoms with Crippen molar-refractivity contribution >= 4 is 21.2 Å². The maximum absolute atomic E-state index is 11.7. The van der Waals surface area contributed by atoms with Gasteiger partial charge in [0.05, 0.1) is 11.5 Å². The van der Waals surface area contributed by atoms with Gasteiger partial charge in [0.25, 0.3) is 0 Å². The van der Waals surface area contributed by atoms with Crippen LogP contribution in [0.25, 0.3) is 0 Å². The highest BCUT2D eigenvalue weighted by atomic mass is 32.2. The minimum absolute atomic E-state index is 0.250. The maximum atomic E-state index is 11.7. The number of rotatable bonds is 5. The quantitative estimate of drug-likeness (QED) is 0.604. The summed E-state index contributed by atoms with van der Waals surface area (Å²) in [7, 11) is -1.93. The Morgan fingerprint density at radius 1 is 1.48 bits per heavy atom. The zero-order valence-corrected chi connectivity index (χ0v) is 12.8. The van der Waals surface area contributed by atoms with Gasteiger partial charge in [0.1, 0.15) is 10.6 Å². The number of nitro groups is 1. The summed E-state index contributed by atoms with van der Waals surface area (Å²) in [5.41, 5.74) is -0.0451. The second kappa shape index (κ2) is 5.98. The van der Waals surface area contributed by atoms with E-state index in [4.69, 9.17) is 4.74 Å². The molecule has 0 saturated carbocycles. The molecule has 1 aromatic rings. The van der Waals surface area contributed by atoms with Crippen LogP contribution in [-0.2, 0) is 14.6 Å². The fourth-order valence-corrected chi connectivity index (χ4v) is 3.37. The lowest BCUT2D eigenvalue weighted by atomic mass is 10.1. The van der Waals surface area contributed by atoms with Crippen LogP contribution in [0.3, 0.4) is 0 Å². The Labute approximate surface area is 123 Å². The Hall–Kier alpha value is -1.67. The molecule has 0 N–H and O–H groups in total. The predicted octanol–water partition coefficient (Wildman–Crippen LogP) is 1.47. The summed E-state index contributed by atoms with van der Waals surface area (Å²) >= 11 is 0. The van der Waals surface area contributed by atoms with E-state index in [9.17, 15) is 18.5 Å². The number of anilines is 1. The number of nitro benzene ring substituents is 1. The number of ether oxygens (including phenoxy) is 1. The van der Waals surface area contributed by atoms with Crippen LogP contribution in [0.15, 0.2) is 23.1 Å². The fraction of sp³-hybridized carbons (Fsp3) is 0.538. The Bertz CT molecular complexity index is 638. The Morgan fingerprint density at radius 3 is 2.71 bits per heavy atom. The SMILES string of the molecule is CN(CC1CCOC1)c1cccc(S(C)(=O)=O)c1[N+](=O)[O-]. The van der Waals surface area contributed by atoms with E-state index >= 15 is 0 Å². The number of hydrogen-bond donors (Lipinski definition) is 0. The number of benzene rings is 1. The second-order valence-electron chi connectivity index (χ2n) is 5.26. The number of nitrogens with zero attached hydrogens (tertiary/aromatic N) is 2. The van der Waals surface area contributed by atoms with E-state index < -0.39 is 14.8 Å². The molecule has 0 spiro atoms. The monoisotopic (exact) mass is 314 g/mol. The maximum Gasteiger partial charge on any atom is 0.311 e. The highest BCUT2D eigenvalue weighted by molar-refractivity contribution is 7.90. The van der Waals surface area contributed by atoms with Gasteiger partial charge < -0.3 is 9.64 Å². The summed E-state index contributed by atoms with van der Waals surface area (Å²) in [4.78, 5) is 12.2. The molecule has 0 aromatic heterocycles. The van der Waals surface area contributed by atoms with Gasteiger partial charge in [-0.15, -0.1) is 0 Å². The number of hydrogen-bond acceptors (Lipinski definition) is 6. The summed E-state index contributed by atoms with van der Waals surface area (Å²) in [5.74, 6) is 0.302. The van der Waals surface area contributed by atoms with Crippen LogP contribution < -0.4 is 4.90 Å². The number of para-hydroxylation sites is 1. The summed E-state index contributed by atoms with van der Waals surface area (Å²) in [5, 5.41) is 11.3. The minimum atomic E-state index is -3.65. The summed E-state index contributed by atoms with van der Waals surface area (Å²) in [6, 6.07) is 4.37. The van der Waals surface area contributed by atoms with E-state index in [0.29, 0.717) is 31.4 Å². The number of sulfone groups is 1. The molecule has 21 heavy (non-hydrogen) atoms. The molecule has 8 heteroatoms. The first kappa shape index (κ1) is 15.7. The van der Waals surface area contributed by atoms with E-state index in [1.54, 1.807) is 18.0 Å². The zero-order chi connectivity index (χ0) is 15.6. The Morgan fingerprint density at radius 2 is 2.19 bits per heavy atom. The van der Waals surface area contributed by atoms with Gasteiger partial charge in [0.2, 0.25) is 0 Å². The minimum Gasteiger partial charge on any atom is -0.381 e. The van der Waals surface area contributed by atoms with Crippen LogP contribution in [0.1, 0.15) is 6.42 Å². The van der Waals surface area contributed by atoms with Gasteiger partial charge in [-0.1, -0.05) is 6.07 Å². The molecular weight excluding hydrogens is 296 g/mol. The van der Waals surface area contributed by atoms with E-state index in [1.165, 1.54) is 12.1 Å². The van der Waals surface area contributed by atoms with Crippen LogP contribution >= 0.6 is 0 Å². The average Bonchev–Trinajstić information content (AvgIpc) is 2.89. The van der Waals surface area contributed by atoms with Crippen molar-refractivity contribution in [1.29, 1.82) is 0 Å². The topological polar surface area (TPSA) is 89.8 Å². The third kappa shape index (κ3) is 3.51. The normalized spacial score (nSPS) is 18.7. The van der Waals surface area contributed by atoms with Gasteiger partial charge in [0, 0.05) is 32.4 Å². The zero-order valence-electron chi connectivity index (χ0n) is 12.0. The van der Waals surface area contributed by atoms with E-state index in [-0.39, 0.29) is 10.6 Å². The van der Waals surface area contributed by atoms with Crippen molar-refractivity contribution in [2.24, 2.45) is 5.92 Å². The first-order chi connectivity index (χ1) is 9.80. The van der Waals surface area contributed by atoms with Crippen LogP contribution in [0, 0.1) is 16.0 Å². The fourth-order valence-electron chi connectivity index (χ4n) is 2.51. The largest absolute Gasteiger partial charge is 0.381 e. The molecule has 0 bridgehead atoms.